The number of nitrogens with zero attached hydrogens (tertiary/aromatic N) is 1. The van der Waals surface area contributed by atoms with Crippen LogP contribution in [0.2, 0.25) is 0 Å². The molecule has 1 aliphatic heterocycles. The SMILES string of the molecule is NC(=O)C(N)CCN1CCCC1C1CCCC1. The smallest absolute Gasteiger partial charge is 0.234 e. The maximum atomic E-state index is 10.9. The second-order valence-electron chi connectivity index (χ2n) is 5.59. The molecule has 2 fully saturated rings. The maximum absolute atomic E-state index is 10.9. The molecular weight excluding hydrogens is 214 g/mol. The topological polar surface area (TPSA) is 72.3 Å². The number of likely N-dealkylation sites (tertiary alicyclic amines) is 1. The van der Waals surface area contributed by atoms with Crippen molar-refractivity contribution in [1.82, 2.24) is 4.90 Å². The zero-order valence-corrected chi connectivity index (χ0v) is 10.6. The third kappa shape index (κ3) is 3.19. The van der Waals surface area contributed by atoms with Gasteiger partial charge in [-0.1, -0.05) is 12.8 Å². The van der Waals surface area contributed by atoms with Crippen molar-refractivity contribution in [3.8, 4) is 0 Å². The Bertz CT molecular complexity index is 263. The molecule has 17 heavy (non-hydrogen) atoms. The number of carbonyl (C=O) groups excluding carboxylic acids is 1. The van der Waals surface area contributed by atoms with Crippen molar-refractivity contribution >= 4 is 5.91 Å². The van der Waals surface area contributed by atoms with E-state index < -0.39 is 6.04 Å². The molecule has 2 unspecified atom stereocenters. The summed E-state index contributed by atoms with van der Waals surface area (Å²) in [6, 6.07) is 0.275. The lowest BCUT2D eigenvalue weighted by molar-refractivity contribution is -0.119. The minimum Gasteiger partial charge on any atom is -0.368 e. The molecule has 1 saturated carbocycles. The van der Waals surface area contributed by atoms with Gasteiger partial charge in [0.1, 0.15) is 0 Å². The van der Waals surface area contributed by atoms with Crippen molar-refractivity contribution in [3.63, 3.8) is 0 Å². The number of rotatable bonds is 5. The van der Waals surface area contributed by atoms with Gasteiger partial charge in [-0.15, -0.1) is 0 Å². The van der Waals surface area contributed by atoms with Crippen LogP contribution in [0.15, 0.2) is 0 Å². The Balaban J connectivity index is 1.80. The minimum atomic E-state index is -0.472. The zero-order valence-electron chi connectivity index (χ0n) is 10.6. The van der Waals surface area contributed by atoms with Crippen LogP contribution in [0.25, 0.3) is 0 Å². The molecule has 98 valence electrons. The van der Waals surface area contributed by atoms with Crippen LogP contribution >= 0.6 is 0 Å². The van der Waals surface area contributed by atoms with Crippen LogP contribution < -0.4 is 11.5 Å². The van der Waals surface area contributed by atoms with E-state index in [-0.39, 0.29) is 5.91 Å². The second-order valence-corrected chi connectivity index (χ2v) is 5.59. The molecule has 0 bridgehead atoms. The molecule has 1 saturated heterocycles. The first kappa shape index (κ1) is 12.8. The molecule has 4 nitrogen and oxygen atoms in total. The van der Waals surface area contributed by atoms with Gasteiger partial charge >= 0.3 is 0 Å². The summed E-state index contributed by atoms with van der Waals surface area (Å²) < 4.78 is 0. The van der Waals surface area contributed by atoms with Crippen LogP contribution in [0, 0.1) is 5.92 Å². The zero-order chi connectivity index (χ0) is 12.3. The van der Waals surface area contributed by atoms with Crippen molar-refractivity contribution in [2.75, 3.05) is 13.1 Å². The van der Waals surface area contributed by atoms with Crippen molar-refractivity contribution in [1.29, 1.82) is 0 Å². The Labute approximate surface area is 104 Å². The monoisotopic (exact) mass is 239 g/mol. The summed E-state index contributed by atoms with van der Waals surface area (Å²) in [7, 11) is 0. The van der Waals surface area contributed by atoms with Gasteiger partial charge in [0.2, 0.25) is 5.91 Å². The van der Waals surface area contributed by atoms with Gasteiger partial charge in [0, 0.05) is 12.6 Å². The highest BCUT2D eigenvalue weighted by Gasteiger charge is 2.33. The fraction of sp³-hybridized carbons (Fsp3) is 0.923. The largest absolute Gasteiger partial charge is 0.368 e. The highest BCUT2D eigenvalue weighted by Crippen LogP contribution is 2.35. The molecule has 0 radical (unpaired) electrons. The van der Waals surface area contributed by atoms with Gasteiger partial charge in [-0.25, -0.2) is 0 Å². The van der Waals surface area contributed by atoms with Crippen molar-refractivity contribution in [2.24, 2.45) is 17.4 Å². The Hall–Kier alpha value is -0.610. The highest BCUT2D eigenvalue weighted by molar-refractivity contribution is 5.79. The third-order valence-electron chi connectivity index (χ3n) is 4.45. The van der Waals surface area contributed by atoms with E-state index in [1.54, 1.807) is 0 Å². The lowest BCUT2D eigenvalue weighted by atomic mass is 9.96. The van der Waals surface area contributed by atoms with Gasteiger partial charge < -0.3 is 16.4 Å². The molecule has 4 N–H and O–H groups in total. The van der Waals surface area contributed by atoms with E-state index in [9.17, 15) is 4.79 Å². The Morgan fingerprint density at radius 3 is 2.59 bits per heavy atom. The highest BCUT2D eigenvalue weighted by atomic mass is 16.1. The van der Waals surface area contributed by atoms with Crippen LogP contribution in [-0.2, 0) is 4.79 Å². The number of hydrogen-bond donors (Lipinski definition) is 2. The van der Waals surface area contributed by atoms with Gasteiger partial charge in [-0.2, -0.15) is 0 Å². The fourth-order valence-electron chi connectivity index (χ4n) is 3.45. The van der Waals surface area contributed by atoms with E-state index in [0.29, 0.717) is 6.42 Å². The average molecular weight is 239 g/mol. The Morgan fingerprint density at radius 2 is 1.94 bits per heavy atom. The van der Waals surface area contributed by atoms with Gasteiger partial charge in [0.05, 0.1) is 6.04 Å². The van der Waals surface area contributed by atoms with Crippen molar-refractivity contribution in [2.45, 2.75) is 57.0 Å². The lowest BCUT2D eigenvalue weighted by Crippen LogP contribution is -2.42. The number of primary amides is 1. The Kier molecular flexibility index (Phi) is 4.40. The predicted octanol–water partition coefficient (Wildman–Crippen LogP) is 0.844. The molecule has 1 heterocycles. The first-order valence-corrected chi connectivity index (χ1v) is 6.97. The number of amides is 1. The van der Waals surface area contributed by atoms with Crippen molar-refractivity contribution in [3.05, 3.63) is 0 Å². The summed E-state index contributed by atoms with van der Waals surface area (Å²) in [5.74, 6) is 0.518. The van der Waals surface area contributed by atoms with Gasteiger partial charge in [-0.05, 0) is 44.6 Å². The molecule has 0 aromatic heterocycles. The average Bonchev–Trinajstić information content (AvgIpc) is 2.95. The molecule has 2 atom stereocenters. The molecule has 1 amide bonds. The van der Waals surface area contributed by atoms with Gasteiger partial charge in [-0.3, -0.25) is 4.79 Å². The molecule has 0 aromatic rings. The molecular formula is C13H25N3O. The molecule has 2 rings (SSSR count). The van der Waals surface area contributed by atoms with E-state index in [0.717, 1.165) is 18.5 Å². The van der Waals surface area contributed by atoms with Crippen LogP contribution in [0.1, 0.15) is 44.9 Å². The summed E-state index contributed by atoms with van der Waals surface area (Å²) in [5.41, 5.74) is 10.9. The summed E-state index contributed by atoms with van der Waals surface area (Å²) in [5, 5.41) is 0. The quantitative estimate of drug-likeness (QED) is 0.747. The summed E-state index contributed by atoms with van der Waals surface area (Å²) in [6.07, 6.45) is 8.92. The lowest BCUT2D eigenvalue weighted by Gasteiger charge is -2.29. The van der Waals surface area contributed by atoms with Crippen LogP contribution in [0.4, 0.5) is 0 Å². The molecule has 0 aromatic carbocycles. The number of nitrogens with two attached hydrogens (primary N) is 2. The minimum absolute atomic E-state index is 0.374. The standard InChI is InChI=1S/C13H25N3O/c14-11(13(15)17)7-9-16-8-3-6-12(16)10-4-1-2-5-10/h10-12H,1-9,14H2,(H2,15,17). The van der Waals surface area contributed by atoms with E-state index in [1.807, 2.05) is 0 Å². The molecule has 1 aliphatic carbocycles. The Morgan fingerprint density at radius 1 is 1.24 bits per heavy atom. The predicted molar refractivity (Wildman–Crippen MR) is 68.3 cm³/mol. The van der Waals surface area contributed by atoms with Crippen LogP contribution in [-0.4, -0.2) is 36.0 Å². The molecule has 0 spiro atoms. The van der Waals surface area contributed by atoms with E-state index >= 15 is 0 Å². The van der Waals surface area contributed by atoms with Crippen LogP contribution in [0.5, 0.6) is 0 Å². The first-order valence-electron chi connectivity index (χ1n) is 6.97. The molecule has 4 heteroatoms. The number of carbonyl (C=O) groups is 1. The van der Waals surface area contributed by atoms with Crippen LogP contribution in [0.3, 0.4) is 0 Å². The van der Waals surface area contributed by atoms with E-state index in [2.05, 4.69) is 4.90 Å². The number of hydrogen-bond acceptors (Lipinski definition) is 3. The van der Waals surface area contributed by atoms with E-state index in [4.69, 9.17) is 11.5 Å². The summed E-state index contributed by atoms with van der Waals surface area (Å²) in [6.45, 7) is 2.11. The maximum Gasteiger partial charge on any atom is 0.234 e. The second kappa shape index (κ2) is 5.83. The first-order chi connectivity index (χ1) is 8.18. The fourth-order valence-corrected chi connectivity index (χ4v) is 3.45. The summed E-state index contributed by atoms with van der Waals surface area (Å²) >= 11 is 0. The van der Waals surface area contributed by atoms with Gasteiger partial charge in [0.25, 0.3) is 0 Å². The molecule has 2 aliphatic rings. The van der Waals surface area contributed by atoms with Gasteiger partial charge in [0.15, 0.2) is 0 Å². The summed E-state index contributed by atoms with van der Waals surface area (Å²) in [4.78, 5) is 13.5. The van der Waals surface area contributed by atoms with E-state index in [1.165, 1.54) is 45.1 Å². The third-order valence-corrected chi connectivity index (χ3v) is 4.45. The van der Waals surface area contributed by atoms with Crippen molar-refractivity contribution < 1.29 is 4.79 Å². The normalized spacial score (nSPS) is 28.6.